The summed E-state index contributed by atoms with van der Waals surface area (Å²) in [5, 5.41) is 0. The molecule has 1 saturated heterocycles. The van der Waals surface area contributed by atoms with Crippen molar-refractivity contribution in [3.05, 3.63) is 35.4 Å². The molecule has 0 aromatic heterocycles. The van der Waals surface area contributed by atoms with Gasteiger partial charge in [-0.25, -0.2) is 8.42 Å². The topological polar surface area (TPSA) is 54.5 Å². The highest BCUT2D eigenvalue weighted by Gasteiger charge is 2.36. The highest BCUT2D eigenvalue weighted by Crippen LogP contribution is 2.29. The quantitative estimate of drug-likeness (QED) is 0.695. The van der Waals surface area contributed by atoms with Crippen LogP contribution in [-0.2, 0) is 27.2 Å². The van der Waals surface area contributed by atoms with E-state index in [1.807, 2.05) is 6.92 Å². The number of rotatable bonds is 7. The van der Waals surface area contributed by atoms with Crippen LogP contribution in [0.1, 0.15) is 44.2 Å². The number of amides is 1. The average Bonchev–Trinajstić information content (AvgIpc) is 2.94. The second-order valence-electron chi connectivity index (χ2n) is 7.24. The molecule has 1 fully saturated rings. The molecule has 1 aliphatic heterocycles. The van der Waals surface area contributed by atoms with Crippen LogP contribution in [0.25, 0.3) is 0 Å². The zero-order valence-corrected chi connectivity index (χ0v) is 16.4. The third kappa shape index (κ3) is 5.96. The Morgan fingerprint density at radius 3 is 2.37 bits per heavy atom. The first-order valence-electron chi connectivity index (χ1n) is 9.20. The van der Waals surface area contributed by atoms with E-state index in [1.54, 1.807) is 11.8 Å². The molecule has 1 aliphatic rings. The van der Waals surface area contributed by atoms with Crippen LogP contribution in [-0.4, -0.2) is 43.3 Å². The number of alkyl halides is 3. The maximum atomic E-state index is 12.9. The summed E-state index contributed by atoms with van der Waals surface area (Å²) in [5.74, 6) is -0.469. The molecule has 0 radical (unpaired) electrons. The Morgan fingerprint density at radius 2 is 1.89 bits per heavy atom. The van der Waals surface area contributed by atoms with Gasteiger partial charge < -0.3 is 4.90 Å². The van der Waals surface area contributed by atoms with E-state index < -0.39 is 27.5 Å². The number of sulfone groups is 1. The molecular formula is C19H26F3NO3S. The molecule has 0 N–H and O–H groups in total. The first kappa shape index (κ1) is 21.7. The molecule has 8 heteroatoms. The average molecular weight is 405 g/mol. The lowest BCUT2D eigenvalue weighted by Crippen LogP contribution is -2.44. The van der Waals surface area contributed by atoms with Crippen molar-refractivity contribution in [2.24, 2.45) is 5.92 Å². The van der Waals surface area contributed by atoms with Gasteiger partial charge in [-0.05, 0) is 37.0 Å². The van der Waals surface area contributed by atoms with E-state index in [2.05, 4.69) is 0 Å². The summed E-state index contributed by atoms with van der Waals surface area (Å²) in [6.07, 6.45) is -1.94. The number of hydrogen-bond acceptors (Lipinski definition) is 3. The van der Waals surface area contributed by atoms with Crippen molar-refractivity contribution < 1.29 is 26.4 Å². The molecule has 0 bridgehead atoms. The number of carbonyl (C=O) groups is 1. The fraction of sp³-hybridized carbons (Fsp3) is 0.632. The Bertz CT molecular complexity index is 744. The van der Waals surface area contributed by atoms with Crippen LogP contribution in [0.4, 0.5) is 13.2 Å². The zero-order chi connectivity index (χ0) is 20.2. The van der Waals surface area contributed by atoms with Crippen LogP contribution >= 0.6 is 0 Å². The second-order valence-corrected chi connectivity index (χ2v) is 9.47. The summed E-state index contributed by atoms with van der Waals surface area (Å²) in [7, 11) is -3.10. The highest BCUT2D eigenvalue weighted by atomic mass is 32.2. The summed E-state index contributed by atoms with van der Waals surface area (Å²) in [5.41, 5.74) is -0.0655. The molecule has 152 valence electrons. The van der Waals surface area contributed by atoms with Gasteiger partial charge in [-0.3, -0.25) is 4.79 Å². The van der Waals surface area contributed by atoms with E-state index >= 15 is 0 Å². The Kier molecular flexibility index (Phi) is 6.94. The van der Waals surface area contributed by atoms with Crippen molar-refractivity contribution >= 4 is 15.7 Å². The van der Waals surface area contributed by atoms with Gasteiger partial charge in [-0.15, -0.1) is 0 Å². The van der Waals surface area contributed by atoms with Gasteiger partial charge in [0.2, 0.25) is 5.91 Å². The van der Waals surface area contributed by atoms with Crippen LogP contribution in [0.3, 0.4) is 0 Å². The Morgan fingerprint density at radius 1 is 1.26 bits per heavy atom. The minimum atomic E-state index is -4.38. The summed E-state index contributed by atoms with van der Waals surface area (Å²) < 4.78 is 61.6. The Balaban J connectivity index is 2.07. The number of halogens is 3. The molecular weight excluding hydrogens is 379 g/mol. The third-order valence-corrected chi connectivity index (χ3v) is 6.68. The zero-order valence-electron chi connectivity index (χ0n) is 15.6. The van der Waals surface area contributed by atoms with Gasteiger partial charge in [0.05, 0.1) is 17.1 Å². The number of hydrogen-bond donors (Lipinski definition) is 0. The molecule has 2 atom stereocenters. The highest BCUT2D eigenvalue weighted by molar-refractivity contribution is 7.91. The van der Waals surface area contributed by atoms with Gasteiger partial charge in [0, 0.05) is 18.5 Å². The number of benzene rings is 1. The van der Waals surface area contributed by atoms with Crippen LogP contribution in [0.5, 0.6) is 0 Å². The third-order valence-electron chi connectivity index (χ3n) is 4.93. The van der Waals surface area contributed by atoms with Gasteiger partial charge in [-0.1, -0.05) is 32.4 Å². The SMILES string of the molecule is CCCCN(C(=O)C(C)Cc1ccc(C(F)(F)F)cc1)C1CCS(=O)(=O)C1. The molecule has 0 aliphatic carbocycles. The lowest BCUT2D eigenvalue weighted by Gasteiger charge is -2.31. The van der Waals surface area contributed by atoms with E-state index in [1.165, 1.54) is 12.1 Å². The molecule has 0 saturated carbocycles. The van der Waals surface area contributed by atoms with Gasteiger partial charge >= 0.3 is 6.18 Å². The standard InChI is InChI=1S/C19H26F3NO3S/c1-3-4-10-23(17-9-11-27(25,26)13-17)18(24)14(2)12-15-5-7-16(8-6-15)19(20,21)22/h5-8,14,17H,3-4,9-13H2,1-2H3. The Labute approximate surface area is 158 Å². The summed E-state index contributed by atoms with van der Waals surface area (Å²) in [4.78, 5) is 14.6. The predicted molar refractivity (Wildman–Crippen MR) is 98.0 cm³/mol. The van der Waals surface area contributed by atoms with Crippen molar-refractivity contribution in [3.63, 3.8) is 0 Å². The first-order chi connectivity index (χ1) is 12.5. The van der Waals surface area contributed by atoms with Crippen molar-refractivity contribution in [2.75, 3.05) is 18.1 Å². The predicted octanol–water partition coefficient (Wildman–Crippen LogP) is 3.70. The van der Waals surface area contributed by atoms with E-state index in [0.717, 1.165) is 25.0 Å². The van der Waals surface area contributed by atoms with Crippen molar-refractivity contribution in [3.8, 4) is 0 Å². The van der Waals surface area contributed by atoms with Gasteiger partial charge in [0.25, 0.3) is 0 Å². The smallest absolute Gasteiger partial charge is 0.338 e. The van der Waals surface area contributed by atoms with Crippen LogP contribution < -0.4 is 0 Å². The van der Waals surface area contributed by atoms with E-state index in [0.29, 0.717) is 24.9 Å². The van der Waals surface area contributed by atoms with Gasteiger partial charge in [0.15, 0.2) is 9.84 Å². The Hall–Kier alpha value is -1.57. The first-order valence-corrected chi connectivity index (χ1v) is 11.0. The maximum absolute atomic E-state index is 12.9. The molecule has 1 aromatic carbocycles. The summed E-state index contributed by atoms with van der Waals surface area (Å²) in [6, 6.07) is 4.52. The van der Waals surface area contributed by atoms with Crippen LogP contribution in [0.15, 0.2) is 24.3 Å². The molecule has 0 spiro atoms. The normalized spacial score (nSPS) is 20.4. The molecule has 27 heavy (non-hydrogen) atoms. The van der Waals surface area contributed by atoms with Crippen LogP contribution in [0.2, 0.25) is 0 Å². The lowest BCUT2D eigenvalue weighted by atomic mass is 9.97. The molecule has 1 aromatic rings. The second kappa shape index (κ2) is 8.63. The number of nitrogens with zero attached hydrogens (tertiary/aromatic N) is 1. The minimum Gasteiger partial charge on any atom is -0.338 e. The molecule has 1 heterocycles. The fourth-order valence-corrected chi connectivity index (χ4v) is 5.11. The van der Waals surface area contributed by atoms with Gasteiger partial charge in [0.1, 0.15) is 0 Å². The van der Waals surface area contributed by atoms with Gasteiger partial charge in [-0.2, -0.15) is 13.2 Å². The summed E-state index contributed by atoms with van der Waals surface area (Å²) in [6.45, 7) is 4.24. The minimum absolute atomic E-state index is 0.00451. The van der Waals surface area contributed by atoms with Crippen LogP contribution in [0, 0.1) is 5.92 Å². The molecule has 1 amide bonds. The number of carbonyl (C=O) groups excluding carboxylic acids is 1. The monoisotopic (exact) mass is 405 g/mol. The number of unbranched alkanes of at least 4 members (excludes halogenated alkanes) is 1. The van der Waals surface area contributed by atoms with Crippen molar-refractivity contribution in [2.45, 2.75) is 51.7 Å². The fourth-order valence-electron chi connectivity index (χ4n) is 3.38. The lowest BCUT2D eigenvalue weighted by molar-refractivity contribution is -0.138. The largest absolute Gasteiger partial charge is 0.416 e. The van der Waals surface area contributed by atoms with E-state index in [9.17, 15) is 26.4 Å². The van der Waals surface area contributed by atoms with Crippen molar-refractivity contribution in [1.29, 1.82) is 0 Å². The molecule has 4 nitrogen and oxygen atoms in total. The van der Waals surface area contributed by atoms with E-state index in [4.69, 9.17) is 0 Å². The van der Waals surface area contributed by atoms with E-state index in [-0.39, 0.29) is 23.5 Å². The maximum Gasteiger partial charge on any atom is 0.416 e. The summed E-state index contributed by atoms with van der Waals surface area (Å²) >= 11 is 0. The van der Waals surface area contributed by atoms with Crippen molar-refractivity contribution in [1.82, 2.24) is 4.90 Å². The molecule has 2 unspecified atom stereocenters. The molecule has 2 rings (SSSR count).